The summed E-state index contributed by atoms with van der Waals surface area (Å²) in [4.78, 5) is 31.6. The van der Waals surface area contributed by atoms with Gasteiger partial charge in [0.1, 0.15) is 29.5 Å². The number of fused-ring (bicyclic) bond motifs is 3. The Kier molecular flexibility index (Phi) is 7.16. The van der Waals surface area contributed by atoms with Crippen LogP contribution in [0.1, 0.15) is 49.0 Å². The van der Waals surface area contributed by atoms with Gasteiger partial charge in [0.05, 0.1) is 16.6 Å². The van der Waals surface area contributed by atoms with Crippen LogP contribution in [0.2, 0.25) is 0 Å². The number of benzene rings is 2. The zero-order valence-corrected chi connectivity index (χ0v) is 25.8. The van der Waals surface area contributed by atoms with Crippen molar-refractivity contribution in [3.8, 4) is 17.3 Å². The third-order valence-corrected chi connectivity index (χ3v) is 10.1. The molecule has 0 saturated carbocycles. The fourth-order valence-corrected chi connectivity index (χ4v) is 7.73. The Labute approximate surface area is 265 Å². The van der Waals surface area contributed by atoms with Crippen LogP contribution in [0.5, 0.6) is 6.01 Å². The number of hydrogen-bond acceptors (Lipinski definition) is 8. The average Bonchev–Trinajstić information content (AvgIpc) is 3.80. The molecule has 0 amide bonds. The number of ether oxygens (including phenoxy) is 1. The number of carbonyl (C=O) groups is 1. The number of aromatic nitrogens is 5. The van der Waals surface area contributed by atoms with Crippen molar-refractivity contribution < 1.29 is 18.3 Å². The Morgan fingerprint density at radius 1 is 1.00 bits per heavy atom. The number of rotatable bonds is 6. The Morgan fingerprint density at radius 2 is 1.76 bits per heavy atom. The van der Waals surface area contributed by atoms with Crippen LogP contribution in [0.4, 0.5) is 14.6 Å². The van der Waals surface area contributed by atoms with Crippen molar-refractivity contribution in [3.05, 3.63) is 72.2 Å². The Hall–Kier alpha value is -4.51. The second kappa shape index (κ2) is 11.4. The van der Waals surface area contributed by atoms with Gasteiger partial charge in [-0.15, -0.1) is 0 Å². The monoisotopic (exact) mass is 623 g/mol. The van der Waals surface area contributed by atoms with Gasteiger partial charge in [0.15, 0.2) is 5.82 Å². The second-order valence-electron chi connectivity index (χ2n) is 12.9. The van der Waals surface area contributed by atoms with Gasteiger partial charge in [-0.3, -0.25) is 14.7 Å². The zero-order valence-electron chi connectivity index (χ0n) is 25.8. The van der Waals surface area contributed by atoms with Crippen molar-refractivity contribution >= 4 is 33.4 Å². The first-order valence-electron chi connectivity index (χ1n) is 16.1. The van der Waals surface area contributed by atoms with E-state index in [-0.39, 0.29) is 34.6 Å². The van der Waals surface area contributed by atoms with Crippen LogP contribution in [0.25, 0.3) is 32.9 Å². The first kappa shape index (κ1) is 28.9. The minimum atomic E-state index is -0.651. The van der Waals surface area contributed by atoms with Crippen LogP contribution < -0.4 is 9.64 Å². The molecule has 8 rings (SSSR count). The van der Waals surface area contributed by atoms with E-state index in [1.807, 2.05) is 13.0 Å². The van der Waals surface area contributed by atoms with Gasteiger partial charge in [-0.05, 0) is 76.1 Å². The van der Waals surface area contributed by atoms with Gasteiger partial charge >= 0.3 is 6.01 Å². The SMILES string of the molecule is Cc1ccn(C(=O)C2CCN(c3nc(OCC45CCCN4CCC5)nc4c(F)c(-c5cccc6cccc(F)c56)ncc34)CC2)n1. The highest BCUT2D eigenvalue weighted by atomic mass is 19.1. The lowest BCUT2D eigenvalue weighted by molar-refractivity contribution is 0.0795. The molecule has 3 aromatic heterocycles. The second-order valence-corrected chi connectivity index (χ2v) is 12.9. The predicted octanol–water partition coefficient (Wildman–Crippen LogP) is 6.19. The maximum Gasteiger partial charge on any atom is 0.319 e. The van der Waals surface area contributed by atoms with E-state index in [1.165, 1.54) is 10.7 Å². The fraction of sp³-hybridized carbons (Fsp3) is 0.400. The molecule has 0 atom stereocenters. The number of halogens is 2. The molecule has 3 aliphatic heterocycles. The molecule has 0 aliphatic carbocycles. The Balaban J connectivity index is 1.17. The highest BCUT2D eigenvalue weighted by molar-refractivity contribution is 5.99. The van der Waals surface area contributed by atoms with Gasteiger partial charge in [-0.1, -0.05) is 30.3 Å². The van der Waals surface area contributed by atoms with E-state index >= 15 is 8.78 Å². The molecule has 0 N–H and O–H groups in total. The smallest absolute Gasteiger partial charge is 0.319 e. The lowest BCUT2D eigenvalue weighted by Crippen LogP contribution is -2.43. The third-order valence-electron chi connectivity index (χ3n) is 10.1. The van der Waals surface area contributed by atoms with Crippen LogP contribution >= 0.6 is 0 Å². The van der Waals surface area contributed by atoms with Crippen molar-refractivity contribution in [1.29, 1.82) is 0 Å². The molecule has 0 unspecified atom stereocenters. The number of anilines is 1. The summed E-state index contributed by atoms with van der Waals surface area (Å²) < 4.78 is 39.5. The van der Waals surface area contributed by atoms with Crippen LogP contribution in [-0.4, -0.2) is 73.9 Å². The average molecular weight is 624 g/mol. The van der Waals surface area contributed by atoms with Crippen LogP contribution in [0.15, 0.2) is 54.9 Å². The lowest BCUT2D eigenvalue weighted by atomic mass is 9.95. The summed E-state index contributed by atoms with van der Waals surface area (Å²) in [6.45, 7) is 5.49. The van der Waals surface area contributed by atoms with E-state index in [0.717, 1.165) is 44.5 Å². The molecule has 0 spiro atoms. The lowest BCUT2D eigenvalue weighted by Gasteiger charge is -2.33. The van der Waals surface area contributed by atoms with E-state index in [2.05, 4.69) is 24.9 Å². The minimum absolute atomic E-state index is 0.0222. The Bertz CT molecular complexity index is 1950. The molecular formula is C35H35F2N7O2. The van der Waals surface area contributed by atoms with Gasteiger partial charge in [0.25, 0.3) is 0 Å². The summed E-state index contributed by atoms with van der Waals surface area (Å²) in [6.07, 6.45) is 8.84. The summed E-state index contributed by atoms with van der Waals surface area (Å²) in [5, 5.41) is 5.71. The van der Waals surface area contributed by atoms with E-state index in [4.69, 9.17) is 9.72 Å². The van der Waals surface area contributed by atoms with Crippen LogP contribution in [0, 0.1) is 24.5 Å². The molecule has 11 heteroatoms. The molecule has 0 bridgehead atoms. The molecule has 0 radical (unpaired) electrons. The van der Waals surface area contributed by atoms with Crippen molar-refractivity contribution in [2.24, 2.45) is 5.92 Å². The number of hydrogen-bond donors (Lipinski definition) is 0. The number of piperidine rings is 1. The highest BCUT2D eigenvalue weighted by Crippen LogP contribution is 2.40. The third kappa shape index (κ3) is 4.88. The molecule has 2 aromatic carbocycles. The van der Waals surface area contributed by atoms with Gasteiger partial charge < -0.3 is 9.64 Å². The Morgan fingerprint density at radius 3 is 2.50 bits per heavy atom. The van der Waals surface area contributed by atoms with Crippen LogP contribution in [-0.2, 0) is 0 Å². The molecule has 46 heavy (non-hydrogen) atoms. The minimum Gasteiger partial charge on any atom is -0.461 e. The van der Waals surface area contributed by atoms with Crippen LogP contribution in [0.3, 0.4) is 0 Å². The maximum absolute atomic E-state index is 16.6. The first-order valence-corrected chi connectivity index (χ1v) is 16.1. The van der Waals surface area contributed by atoms with Crippen molar-refractivity contribution in [1.82, 2.24) is 29.6 Å². The summed E-state index contributed by atoms with van der Waals surface area (Å²) in [5.74, 6) is -0.781. The molecule has 3 fully saturated rings. The number of carbonyl (C=O) groups excluding carboxylic acids is 1. The maximum atomic E-state index is 16.6. The molecular weight excluding hydrogens is 588 g/mol. The highest BCUT2D eigenvalue weighted by Gasteiger charge is 2.45. The van der Waals surface area contributed by atoms with Crippen molar-refractivity contribution in [2.75, 3.05) is 37.7 Å². The molecule has 5 aromatic rings. The molecule has 9 nitrogen and oxygen atoms in total. The van der Waals surface area contributed by atoms with Gasteiger partial charge in [0.2, 0.25) is 5.91 Å². The normalized spacial score (nSPS) is 18.5. The number of aryl methyl sites for hydroxylation is 1. The van der Waals surface area contributed by atoms with Gasteiger partial charge in [-0.2, -0.15) is 15.1 Å². The van der Waals surface area contributed by atoms with Crippen molar-refractivity contribution in [3.63, 3.8) is 0 Å². The molecule has 3 saturated heterocycles. The van der Waals surface area contributed by atoms with E-state index in [9.17, 15) is 4.79 Å². The number of nitrogens with zero attached hydrogens (tertiary/aromatic N) is 7. The first-order chi connectivity index (χ1) is 22.4. The van der Waals surface area contributed by atoms with Gasteiger partial charge in [-0.25, -0.2) is 13.5 Å². The van der Waals surface area contributed by atoms with E-state index in [1.54, 1.807) is 42.7 Å². The van der Waals surface area contributed by atoms with E-state index in [0.29, 0.717) is 60.1 Å². The largest absolute Gasteiger partial charge is 0.461 e. The number of pyridine rings is 1. The van der Waals surface area contributed by atoms with Crippen molar-refractivity contribution in [2.45, 2.75) is 51.0 Å². The molecule has 3 aliphatic rings. The van der Waals surface area contributed by atoms with E-state index < -0.39 is 11.6 Å². The predicted molar refractivity (Wildman–Crippen MR) is 171 cm³/mol. The fourth-order valence-electron chi connectivity index (χ4n) is 7.73. The zero-order chi connectivity index (χ0) is 31.4. The summed E-state index contributed by atoms with van der Waals surface area (Å²) in [5.41, 5.74) is 1.22. The topological polar surface area (TPSA) is 89.3 Å². The quantitative estimate of drug-likeness (QED) is 0.221. The molecule has 236 valence electrons. The summed E-state index contributed by atoms with van der Waals surface area (Å²) in [7, 11) is 0. The standard InChI is InChI=1S/C35H35F2N7O2/c1-22-10-19-44(41-22)33(45)24-11-17-42(18-12-24)32-26-20-38-30(25-8-2-6-23-7-3-9-27(36)28(23)25)29(37)31(26)39-34(40-32)46-21-35-13-4-15-43(35)16-5-14-35/h2-3,6-10,19-20,24H,4-5,11-18,21H2,1H3. The van der Waals surface area contributed by atoms with Gasteiger partial charge in [0, 0.05) is 42.4 Å². The summed E-state index contributed by atoms with van der Waals surface area (Å²) in [6, 6.07) is 12.0. The summed E-state index contributed by atoms with van der Waals surface area (Å²) >= 11 is 0. The molecule has 6 heterocycles.